The van der Waals surface area contributed by atoms with Crippen molar-refractivity contribution >= 4 is 5.91 Å². The van der Waals surface area contributed by atoms with Gasteiger partial charge in [0.25, 0.3) is 5.91 Å². The van der Waals surface area contributed by atoms with Crippen LogP contribution in [0.25, 0.3) is 5.69 Å². The first-order valence-electron chi connectivity index (χ1n) is 8.64. The van der Waals surface area contributed by atoms with Gasteiger partial charge in [0.15, 0.2) is 0 Å². The first-order chi connectivity index (χ1) is 11.8. The highest BCUT2D eigenvalue weighted by Gasteiger charge is 2.31. The number of rotatable bonds is 3. The van der Waals surface area contributed by atoms with Crippen LogP contribution in [0, 0.1) is 0 Å². The molecule has 2 saturated heterocycles. The molecule has 0 spiro atoms. The summed E-state index contributed by atoms with van der Waals surface area (Å²) < 4.78 is 1.94. The largest absolute Gasteiger partial charge is 0.337 e. The normalized spacial score (nSPS) is 22.0. The van der Waals surface area contributed by atoms with E-state index in [0.717, 1.165) is 56.9 Å². The van der Waals surface area contributed by atoms with Crippen LogP contribution in [0.4, 0.5) is 0 Å². The molecule has 1 atom stereocenters. The van der Waals surface area contributed by atoms with E-state index in [1.807, 2.05) is 39.9 Å². The number of nitrogens with one attached hydrogen (secondary N) is 1. The van der Waals surface area contributed by atoms with Gasteiger partial charge in [0.05, 0.1) is 6.33 Å². The number of carbonyl (C=O) groups is 1. The molecule has 0 saturated carbocycles. The highest BCUT2D eigenvalue weighted by Crippen LogP contribution is 2.19. The lowest BCUT2D eigenvalue weighted by molar-refractivity contribution is 0.0773. The molecule has 2 fully saturated rings. The van der Waals surface area contributed by atoms with Crippen molar-refractivity contribution < 1.29 is 4.79 Å². The van der Waals surface area contributed by atoms with Gasteiger partial charge in [-0.2, -0.15) is 0 Å². The number of piperazine rings is 1. The van der Waals surface area contributed by atoms with Crippen molar-refractivity contribution in [3.8, 4) is 5.69 Å². The van der Waals surface area contributed by atoms with Crippen molar-refractivity contribution in [2.45, 2.75) is 12.5 Å². The second kappa shape index (κ2) is 6.75. The van der Waals surface area contributed by atoms with E-state index in [0.29, 0.717) is 6.04 Å². The number of hydrogen-bond acceptors (Lipinski definition) is 4. The molecule has 1 N–H and O–H groups in total. The number of benzene rings is 1. The van der Waals surface area contributed by atoms with Gasteiger partial charge in [-0.3, -0.25) is 9.69 Å². The Morgan fingerprint density at radius 3 is 2.62 bits per heavy atom. The summed E-state index contributed by atoms with van der Waals surface area (Å²) in [7, 11) is 0. The van der Waals surface area contributed by atoms with Crippen LogP contribution < -0.4 is 5.32 Å². The first-order valence-corrected chi connectivity index (χ1v) is 8.64. The molecular formula is C18H23N5O. The molecule has 1 aromatic heterocycles. The summed E-state index contributed by atoms with van der Waals surface area (Å²) in [5.74, 6) is 0.143. The maximum Gasteiger partial charge on any atom is 0.253 e. The Balaban J connectivity index is 1.40. The predicted molar refractivity (Wildman–Crippen MR) is 92.3 cm³/mol. The fourth-order valence-corrected chi connectivity index (χ4v) is 3.64. The van der Waals surface area contributed by atoms with E-state index in [4.69, 9.17) is 0 Å². The lowest BCUT2D eigenvalue weighted by atomic mass is 10.2. The van der Waals surface area contributed by atoms with Crippen LogP contribution in [0.3, 0.4) is 0 Å². The molecule has 3 heterocycles. The SMILES string of the molecule is O=C(c1ccc(-n2ccnc2)cc1)N1CCC(N2CCNCC2)C1. The molecule has 4 rings (SSSR count). The Bertz CT molecular complexity index is 676. The minimum atomic E-state index is 0.143. The van der Waals surface area contributed by atoms with Crippen molar-refractivity contribution in [1.29, 1.82) is 0 Å². The van der Waals surface area contributed by atoms with Gasteiger partial charge in [-0.25, -0.2) is 4.98 Å². The predicted octanol–water partition coefficient (Wildman–Crippen LogP) is 0.992. The molecule has 126 valence electrons. The van der Waals surface area contributed by atoms with Crippen molar-refractivity contribution in [2.24, 2.45) is 0 Å². The summed E-state index contributed by atoms with van der Waals surface area (Å²) >= 11 is 0. The quantitative estimate of drug-likeness (QED) is 0.914. The summed E-state index contributed by atoms with van der Waals surface area (Å²) in [4.78, 5) is 21.3. The van der Waals surface area contributed by atoms with Gasteiger partial charge in [-0.1, -0.05) is 0 Å². The van der Waals surface area contributed by atoms with Crippen LogP contribution in [0.5, 0.6) is 0 Å². The summed E-state index contributed by atoms with van der Waals surface area (Å²) in [6.07, 6.45) is 6.49. The number of carbonyl (C=O) groups excluding carboxylic acids is 1. The molecule has 1 amide bonds. The molecule has 2 aromatic rings. The number of aromatic nitrogens is 2. The van der Waals surface area contributed by atoms with Gasteiger partial charge in [-0.05, 0) is 30.7 Å². The highest BCUT2D eigenvalue weighted by molar-refractivity contribution is 5.94. The number of likely N-dealkylation sites (tertiary alicyclic amines) is 1. The van der Waals surface area contributed by atoms with E-state index < -0.39 is 0 Å². The monoisotopic (exact) mass is 325 g/mol. The smallest absolute Gasteiger partial charge is 0.253 e. The molecule has 2 aliphatic heterocycles. The fourth-order valence-electron chi connectivity index (χ4n) is 3.64. The van der Waals surface area contributed by atoms with Gasteiger partial charge >= 0.3 is 0 Å². The Morgan fingerprint density at radius 2 is 1.92 bits per heavy atom. The van der Waals surface area contributed by atoms with E-state index in [9.17, 15) is 4.79 Å². The Hall–Kier alpha value is -2.18. The lowest BCUT2D eigenvalue weighted by Crippen LogP contribution is -2.49. The topological polar surface area (TPSA) is 53.4 Å². The van der Waals surface area contributed by atoms with Crippen molar-refractivity contribution in [2.75, 3.05) is 39.3 Å². The van der Waals surface area contributed by atoms with Crippen LogP contribution in [-0.2, 0) is 0 Å². The lowest BCUT2D eigenvalue weighted by Gasteiger charge is -2.32. The van der Waals surface area contributed by atoms with E-state index in [1.54, 1.807) is 12.5 Å². The number of amides is 1. The summed E-state index contributed by atoms with van der Waals surface area (Å²) in [5.41, 5.74) is 1.78. The maximum atomic E-state index is 12.7. The Kier molecular flexibility index (Phi) is 4.32. The van der Waals surface area contributed by atoms with Crippen LogP contribution in [0.1, 0.15) is 16.8 Å². The molecule has 1 aromatic carbocycles. The van der Waals surface area contributed by atoms with Crippen LogP contribution >= 0.6 is 0 Å². The minimum Gasteiger partial charge on any atom is -0.337 e. The molecule has 6 heteroatoms. The Morgan fingerprint density at radius 1 is 1.12 bits per heavy atom. The van der Waals surface area contributed by atoms with Gasteiger partial charge < -0.3 is 14.8 Å². The molecule has 0 radical (unpaired) electrons. The highest BCUT2D eigenvalue weighted by atomic mass is 16.2. The number of imidazole rings is 1. The average Bonchev–Trinajstić information content (AvgIpc) is 3.34. The average molecular weight is 325 g/mol. The maximum absolute atomic E-state index is 12.7. The van der Waals surface area contributed by atoms with Gasteiger partial charge in [-0.15, -0.1) is 0 Å². The molecule has 6 nitrogen and oxygen atoms in total. The zero-order valence-electron chi connectivity index (χ0n) is 13.8. The number of nitrogens with zero attached hydrogens (tertiary/aromatic N) is 4. The van der Waals surface area contributed by atoms with E-state index in [2.05, 4.69) is 15.2 Å². The molecular weight excluding hydrogens is 302 g/mol. The van der Waals surface area contributed by atoms with E-state index >= 15 is 0 Å². The van der Waals surface area contributed by atoms with Crippen molar-refractivity contribution in [1.82, 2.24) is 24.7 Å². The number of hydrogen-bond donors (Lipinski definition) is 1. The minimum absolute atomic E-state index is 0.143. The molecule has 0 bridgehead atoms. The Labute approximate surface area is 142 Å². The van der Waals surface area contributed by atoms with Crippen molar-refractivity contribution in [3.05, 3.63) is 48.5 Å². The third-order valence-electron chi connectivity index (χ3n) is 5.04. The van der Waals surface area contributed by atoms with Gasteiger partial charge in [0, 0.05) is 69.0 Å². The zero-order valence-corrected chi connectivity index (χ0v) is 13.8. The molecule has 2 aliphatic rings. The summed E-state index contributed by atoms with van der Waals surface area (Å²) in [5, 5.41) is 3.39. The molecule has 24 heavy (non-hydrogen) atoms. The third kappa shape index (κ3) is 3.07. The van der Waals surface area contributed by atoms with Gasteiger partial charge in [0.1, 0.15) is 0 Å². The zero-order chi connectivity index (χ0) is 16.4. The van der Waals surface area contributed by atoms with Crippen LogP contribution in [-0.4, -0.2) is 70.6 Å². The van der Waals surface area contributed by atoms with Gasteiger partial charge in [0.2, 0.25) is 0 Å². The third-order valence-corrected chi connectivity index (χ3v) is 5.04. The van der Waals surface area contributed by atoms with Crippen LogP contribution in [0.15, 0.2) is 43.0 Å². The van der Waals surface area contributed by atoms with E-state index in [-0.39, 0.29) is 5.91 Å². The van der Waals surface area contributed by atoms with Crippen LogP contribution in [0.2, 0.25) is 0 Å². The standard InChI is InChI=1S/C18H23N5O/c24-18(15-1-3-16(4-2-15)23-12-8-20-14-23)22-9-5-17(13-22)21-10-6-19-7-11-21/h1-4,8,12,14,17,19H,5-7,9-11,13H2. The summed E-state index contributed by atoms with van der Waals surface area (Å²) in [6, 6.07) is 8.28. The molecule has 1 unspecified atom stereocenters. The fraction of sp³-hybridized carbons (Fsp3) is 0.444. The second-order valence-electron chi connectivity index (χ2n) is 6.50. The first kappa shape index (κ1) is 15.4. The molecule has 0 aliphatic carbocycles. The summed E-state index contributed by atoms with van der Waals surface area (Å²) in [6.45, 7) is 6.00. The second-order valence-corrected chi connectivity index (χ2v) is 6.50. The van der Waals surface area contributed by atoms with E-state index in [1.165, 1.54) is 0 Å². The van der Waals surface area contributed by atoms with Crippen molar-refractivity contribution in [3.63, 3.8) is 0 Å².